The van der Waals surface area contributed by atoms with Crippen molar-refractivity contribution in [2.24, 2.45) is 0 Å². The van der Waals surface area contributed by atoms with Gasteiger partial charge in [-0.25, -0.2) is 4.39 Å². The van der Waals surface area contributed by atoms with E-state index in [-0.39, 0.29) is 0 Å². The van der Waals surface area contributed by atoms with Crippen molar-refractivity contribution in [1.29, 1.82) is 0 Å². The Balaban J connectivity index is 2.74. The first-order valence-electron chi connectivity index (χ1n) is 3.73. The third-order valence-corrected chi connectivity index (χ3v) is 2.09. The van der Waals surface area contributed by atoms with Gasteiger partial charge in [0.25, 0.3) is 5.85 Å². The number of hydrogen-bond donors (Lipinski definition) is 2. The van der Waals surface area contributed by atoms with Crippen LogP contribution in [0.5, 0.6) is 0 Å². The highest BCUT2D eigenvalue weighted by Gasteiger charge is 2.53. The topological polar surface area (TPSA) is 58.9 Å². The number of halogens is 1. The van der Waals surface area contributed by atoms with Crippen molar-refractivity contribution >= 4 is 7.85 Å². The van der Waals surface area contributed by atoms with Crippen molar-refractivity contribution < 1.29 is 24.1 Å². The third-order valence-electron chi connectivity index (χ3n) is 2.09. The molecule has 12 heavy (non-hydrogen) atoms. The van der Waals surface area contributed by atoms with E-state index in [4.69, 9.17) is 14.6 Å². The number of ether oxygens (including phenoxy) is 2. The molecule has 1 fully saturated rings. The lowest BCUT2D eigenvalue weighted by molar-refractivity contribution is -0.187. The Morgan fingerprint density at radius 2 is 2.33 bits per heavy atom. The molecule has 1 heterocycles. The van der Waals surface area contributed by atoms with E-state index in [2.05, 4.69) is 0 Å². The maximum Gasteiger partial charge on any atom is 0.260 e. The summed E-state index contributed by atoms with van der Waals surface area (Å²) in [6.45, 7) is -0.863. The standard InChI is InChI=1S/C6H12BFO4/c1-11-3-4(10)6(8,2-9)12-5(3)7/h3-5,9-10H,2,7H2,1H3/t3-,4+,5-,6-/m1/s1. The van der Waals surface area contributed by atoms with Gasteiger partial charge in [-0.15, -0.1) is 0 Å². The van der Waals surface area contributed by atoms with Gasteiger partial charge >= 0.3 is 0 Å². The SMILES string of the molecule is B[C@@H]1O[C@](F)(CO)[C@@H](O)[C@H]1OC. The molecule has 0 aromatic rings. The number of aliphatic hydroxyl groups excluding tert-OH is 2. The fourth-order valence-electron chi connectivity index (χ4n) is 1.40. The van der Waals surface area contributed by atoms with E-state index in [1.165, 1.54) is 7.11 Å². The maximum atomic E-state index is 13.3. The summed E-state index contributed by atoms with van der Waals surface area (Å²) in [5, 5.41) is 17.9. The van der Waals surface area contributed by atoms with Crippen LogP contribution in [-0.4, -0.2) is 55.8 Å². The lowest BCUT2D eigenvalue weighted by atomic mass is 9.92. The van der Waals surface area contributed by atoms with Crippen LogP contribution in [0.3, 0.4) is 0 Å². The molecule has 4 atom stereocenters. The van der Waals surface area contributed by atoms with Crippen LogP contribution in [0.2, 0.25) is 0 Å². The molecule has 0 bridgehead atoms. The number of methoxy groups -OCH3 is 1. The third kappa shape index (κ3) is 1.35. The molecule has 70 valence electrons. The van der Waals surface area contributed by atoms with E-state index in [9.17, 15) is 9.50 Å². The van der Waals surface area contributed by atoms with Gasteiger partial charge in [-0.05, 0) is 0 Å². The minimum atomic E-state index is -2.37. The van der Waals surface area contributed by atoms with Crippen molar-refractivity contribution in [3.8, 4) is 0 Å². The Kier molecular flexibility index (Phi) is 2.72. The van der Waals surface area contributed by atoms with E-state index in [1.54, 1.807) is 7.85 Å². The Morgan fingerprint density at radius 3 is 2.58 bits per heavy atom. The van der Waals surface area contributed by atoms with Crippen molar-refractivity contribution in [3.05, 3.63) is 0 Å². The van der Waals surface area contributed by atoms with Gasteiger partial charge in [-0.2, -0.15) is 0 Å². The Hall–Kier alpha value is -0.165. The Bertz CT molecular complexity index is 170. The average Bonchev–Trinajstić information content (AvgIpc) is 2.25. The van der Waals surface area contributed by atoms with E-state index in [0.29, 0.717) is 0 Å². The van der Waals surface area contributed by atoms with Gasteiger partial charge in [0.05, 0.1) is 6.00 Å². The van der Waals surface area contributed by atoms with Gasteiger partial charge in [-0.3, -0.25) is 0 Å². The molecule has 0 radical (unpaired) electrons. The Morgan fingerprint density at radius 1 is 1.75 bits per heavy atom. The minimum Gasteiger partial charge on any atom is -0.390 e. The van der Waals surface area contributed by atoms with E-state index in [0.717, 1.165) is 0 Å². The molecule has 0 spiro atoms. The zero-order valence-corrected chi connectivity index (χ0v) is 7.03. The lowest BCUT2D eigenvalue weighted by Crippen LogP contribution is -2.42. The number of rotatable bonds is 2. The second-order valence-corrected chi connectivity index (χ2v) is 2.91. The molecule has 0 aliphatic carbocycles. The highest BCUT2D eigenvalue weighted by atomic mass is 19.2. The highest BCUT2D eigenvalue weighted by Crippen LogP contribution is 2.32. The first kappa shape index (κ1) is 9.92. The van der Waals surface area contributed by atoms with Crippen LogP contribution in [0.25, 0.3) is 0 Å². The fourth-order valence-corrected chi connectivity index (χ4v) is 1.40. The van der Waals surface area contributed by atoms with Crippen LogP contribution < -0.4 is 0 Å². The van der Waals surface area contributed by atoms with Gasteiger partial charge < -0.3 is 19.7 Å². The normalized spacial score (nSPS) is 48.2. The van der Waals surface area contributed by atoms with Gasteiger partial charge in [0.15, 0.2) is 0 Å². The second kappa shape index (κ2) is 3.29. The molecule has 0 unspecified atom stereocenters. The van der Waals surface area contributed by atoms with E-state index >= 15 is 0 Å². The molecule has 0 aromatic carbocycles. The average molecular weight is 178 g/mol. The van der Waals surface area contributed by atoms with E-state index < -0.39 is 30.7 Å². The van der Waals surface area contributed by atoms with Crippen molar-refractivity contribution in [3.63, 3.8) is 0 Å². The highest BCUT2D eigenvalue weighted by molar-refractivity contribution is 6.11. The molecule has 4 nitrogen and oxygen atoms in total. The molecule has 1 rings (SSSR count). The summed E-state index contributed by atoms with van der Waals surface area (Å²) in [5.74, 6) is -2.37. The summed E-state index contributed by atoms with van der Waals surface area (Å²) in [6.07, 6.45) is -2.15. The van der Waals surface area contributed by atoms with Crippen molar-refractivity contribution in [2.45, 2.75) is 24.1 Å². The smallest absolute Gasteiger partial charge is 0.260 e. The van der Waals surface area contributed by atoms with Crippen LogP contribution in [0, 0.1) is 0 Å². The molecule has 0 aromatic heterocycles. The summed E-state index contributed by atoms with van der Waals surface area (Å²) in [4.78, 5) is 0. The number of alkyl halides is 1. The summed E-state index contributed by atoms with van der Waals surface area (Å²) >= 11 is 0. The molecule has 1 saturated heterocycles. The van der Waals surface area contributed by atoms with Crippen LogP contribution in [-0.2, 0) is 9.47 Å². The van der Waals surface area contributed by atoms with Crippen molar-refractivity contribution in [1.82, 2.24) is 0 Å². The van der Waals surface area contributed by atoms with Crippen LogP contribution >= 0.6 is 0 Å². The predicted octanol–water partition coefficient (Wildman–Crippen LogP) is -1.99. The van der Waals surface area contributed by atoms with Gasteiger partial charge in [-0.1, -0.05) is 0 Å². The maximum absolute atomic E-state index is 13.3. The summed E-state index contributed by atoms with van der Waals surface area (Å²) in [7, 11) is 2.94. The lowest BCUT2D eigenvalue weighted by Gasteiger charge is -2.20. The quantitative estimate of drug-likeness (QED) is 0.480. The largest absolute Gasteiger partial charge is 0.390 e. The van der Waals surface area contributed by atoms with Gasteiger partial charge in [0.2, 0.25) is 0 Å². The van der Waals surface area contributed by atoms with Crippen LogP contribution in [0.15, 0.2) is 0 Å². The molecule has 1 aliphatic heterocycles. The Labute approximate surface area is 70.7 Å². The molecule has 6 heteroatoms. The van der Waals surface area contributed by atoms with Crippen LogP contribution in [0.4, 0.5) is 4.39 Å². The monoisotopic (exact) mass is 178 g/mol. The van der Waals surface area contributed by atoms with E-state index in [1.807, 2.05) is 0 Å². The second-order valence-electron chi connectivity index (χ2n) is 2.91. The molecule has 0 saturated carbocycles. The first-order valence-corrected chi connectivity index (χ1v) is 3.73. The number of aliphatic hydroxyl groups is 2. The first-order chi connectivity index (χ1) is 5.55. The number of hydrogen-bond acceptors (Lipinski definition) is 4. The molecule has 2 N–H and O–H groups in total. The molecular formula is C6H12BFO4. The molecule has 0 amide bonds. The van der Waals surface area contributed by atoms with Gasteiger partial charge in [0.1, 0.15) is 26.7 Å². The molecular weight excluding hydrogens is 166 g/mol. The summed E-state index contributed by atoms with van der Waals surface area (Å²) in [5.41, 5.74) is 0. The van der Waals surface area contributed by atoms with Crippen molar-refractivity contribution in [2.75, 3.05) is 13.7 Å². The minimum absolute atomic E-state index is 0.554. The summed E-state index contributed by atoms with van der Waals surface area (Å²) < 4.78 is 22.8. The molecule has 1 aliphatic rings. The zero-order chi connectivity index (χ0) is 9.35. The fraction of sp³-hybridized carbons (Fsp3) is 1.00. The predicted molar refractivity (Wildman–Crippen MR) is 41.1 cm³/mol. The van der Waals surface area contributed by atoms with Gasteiger partial charge in [0, 0.05) is 7.11 Å². The zero-order valence-electron chi connectivity index (χ0n) is 7.03. The van der Waals surface area contributed by atoms with Crippen LogP contribution in [0.1, 0.15) is 0 Å². The summed E-state index contributed by atoms with van der Waals surface area (Å²) in [6, 6.07) is -0.554.